The van der Waals surface area contributed by atoms with Gasteiger partial charge in [-0.05, 0) is 24.6 Å². The molecule has 0 saturated carbocycles. The van der Waals surface area contributed by atoms with Gasteiger partial charge in [0.2, 0.25) is 0 Å². The van der Waals surface area contributed by atoms with E-state index in [2.05, 4.69) is 4.90 Å². The first-order valence-electron chi connectivity index (χ1n) is 8.08. The number of anilines is 1. The second kappa shape index (κ2) is 6.80. The van der Waals surface area contributed by atoms with Gasteiger partial charge in [-0.25, -0.2) is 13.2 Å². The molecule has 1 atom stereocenters. The average Bonchev–Trinajstić information content (AvgIpc) is 2.93. The first-order valence-corrected chi connectivity index (χ1v) is 10.3. The fraction of sp³-hybridized carbons (Fsp3) is 0.562. The summed E-state index contributed by atoms with van der Waals surface area (Å²) in [7, 11) is -1.28. The first-order chi connectivity index (χ1) is 11.4. The number of carbonyl (C=O) groups excluding carboxylic acids is 1. The van der Waals surface area contributed by atoms with Crippen LogP contribution in [0.15, 0.2) is 24.3 Å². The lowest BCUT2D eigenvalue weighted by molar-refractivity contribution is 0.147. The minimum atomic E-state index is -2.99. The zero-order valence-electron chi connectivity index (χ0n) is 13.7. The fourth-order valence-corrected chi connectivity index (χ4v) is 5.25. The van der Waals surface area contributed by atoms with E-state index in [9.17, 15) is 13.2 Å². The van der Waals surface area contributed by atoms with Gasteiger partial charge in [-0.3, -0.25) is 0 Å². The molecule has 2 aliphatic heterocycles. The number of halogens is 1. The van der Waals surface area contributed by atoms with Crippen LogP contribution in [0.25, 0.3) is 0 Å². The Balaban J connectivity index is 1.57. The van der Waals surface area contributed by atoms with Crippen molar-refractivity contribution in [3.05, 3.63) is 29.3 Å². The molecular formula is C16H22ClN3O3S. The van der Waals surface area contributed by atoms with E-state index in [0.717, 1.165) is 18.8 Å². The molecule has 8 heteroatoms. The van der Waals surface area contributed by atoms with E-state index >= 15 is 0 Å². The van der Waals surface area contributed by atoms with E-state index in [-0.39, 0.29) is 23.6 Å². The summed E-state index contributed by atoms with van der Waals surface area (Å²) >= 11 is 6.03. The minimum Gasteiger partial charge on any atom is -0.368 e. The maximum Gasteiger partial charge on any atom is 0.320 e. The Kier molecular flexibility index (Phi) is 4.92. The topological polar surface area (TPSA) is 60.9 Å². The number of urea groups is 1. The molecule has 132 valence electrons. The fourth-order valence-electron chi connectivity index (χ4n) is 3.29. The normalized spacial score (nSPS) is 23.3. The van der Waals surface area contributed by atoms with Crippen LogP contribution >= 0.6 is 11.6 Å². The summed E-state index contributed by atoms with van der Waals surface area (Å²) in [6, 6.07) is 7.42. The van der Waals surface area contributed by atoms with E-state index < -0.39 is 9.84 Å². The highest BCUT2D eigenvalue weighted by atomic mass is 35.5. The molecule has 0 bridgehead atoms. The first kappa shape index (κ1) is 17.4. The van der Waals surface area contributed by atoms with Crippen LogP contribution in [-0.4, -0.2) is 75.0 Å². The summed E-state index contributed by atoms with van der Waals surface area (Å²) < 4.78 is 23.2. The van der Waals surface area contributed by atoms with Crippen LogP contribution in [-0.2, 0) is 9.84 Å². The SMILES string of the molecule is CN(C(=O)N1CCN(c2cccc(Cl)c2)CC1)C1CCS(=O)(=O)C1. The Morgan fingerprint density at radius 2 is 1.96 bits per heavy atom. The molecule has 2 aliphatic rings. The summed E-state index contributed by atoms with van der Waals surface area (Å²) in [5.74, 6) is 0.259. The van der Waals surface area contributed by atoms with Crippen molar-refractivity contribution in [3.8, 4) is 0 Å². The molecule has 2 amide bonds. The quantitative estimate of drug-likeness (QED) is 0.794. The molecule has 2 heterocycles. The summed E-state index contributed by atoms with van der Waals surface area (Å²) in [6.07, 6.45) is 0.535. The highest BCUT2D eigenvalue weighted by Gasteiger charge is 2.35. The highest BCUT2D eigenvalue weighted by Crippen LogP contribution is 2.22. The van der Waals surface area contributed by atoms with Gasteiger partial charge in [-0.2, -0.15) is 0 Å². The maximum absolute atomic E-state index is 12.6. The molecule has 6 nitrogen and oxygen atoms in total. The number of benzene rings is 1. The summed E-state index contributed by atoms with van der Waals surface area (Å²) in [6.45, 7) is 2.72. The number of nitrogens with zero attached hydrogens (tertiary/aromatic N) is 3. The molecule has 24 heavy (non-hydrogen) atoms. The van der Waals surface area contributed by atoms with E-state index in [4.69, 9.17) is 11.6 Å². The van der Waals surface area contributed by atoms with Crippen LogP contribution in [0.5, 0.6) is 0 Å². The molecule has 0 aromatic heterocycles. The Morgan fingerprint density at radius 1 is 1.25 bits per heavy atom. The van der Waals surface area contributed by atoms with Gasteiger partial charge in [0.1, 0.15) is 0 Å². The lowest BCUT2D eigenvalue weighted by Crippen LogP contribution is -2.54. The minimum absolute atomic E-state index is 0.0807. The predicted molar refractivity (Wildman–Crippen MR) is 95.5 cm³/mol. The Hall–Kier alpha value is -1.47. The number of hydrogen-bond acceptors (Lipinski definition) is 4. The molecule has 2 saturated heterocycles. The molecule has 0 aliphatic carbocycles. The second-order valence-corrected chi connectivity index (χ2v) is 9.07. The van der Waals surface area contributed by atoms with Crippen LogP contribution in [0.2, 0.25) is 5.02 Å². The van der Waals surface area contributed by atoms with Crippen molar-refractivity contribution in [3.63, 3.8) is 0 Å². The van der Waals surface area contributed by atoms with Gasteiger partial charge in [0.15, 0.2) is 9.84 Å². The number of amides is 2. The van der Waals surface area contributed by atoms with Crippen LogP contribution in [0.4, 0.5) is 10.5 Å². The molecule has 0 spiro atoms. The summed E-state index contributed by atoms with van der Waals surface area (Å²) in [5, 5.41) is 0.702. The standard InChI is InChI=1S/C16H22ClN3O3S/c1-18(15-5-10-24(22,23)12-15)16(21)20-8-6-19(7-9-20)14-4-2-3-13(17)11-14/h2-4,11,15H,5-10,12H2,1H3. The van der Waals surface area contributed by atoms with E-state index in [1.165, 1.54) is 0 Å². The number of hydrogen-bond donors (Lipinski definition) is 0. The van der Waals surface area contributed by atoms with Gasteiger partial charge < -0.3 is 14.7 Å². The second-order valence-electron chi connectivity index (χ2n) is 6.40. The van der Waals surface area contributed by atoms with Gasteiger partial charge in [-0.1, -0.05) is 17.7 Å². The molecule has 2 fully saturated rings. The zero-order chi connectivity index (χ0) is 17.3. The van der Waals surface area contributed by atoms with E-state index in [1.54, 1.807) is 16.8 Å². The number of rotatable bonds is 2. The predicted octanol–water partition coefficient (Wildman–Crippen LogP) is 1.70. The molecule has 1 unspecified atom stereocenters. The Morgan fingerprint density at radius 3 is 2.54 bits per heavy atom. The smallest absolute Gasteiger partial charge is 0.320 e. The molecule has 0 N–H and O–H groups in total. The molecule has 3 rings (SSSR count). The molecule has 1 aromatic rings. The van der Waals surface area contributed by atoms with Gasteiger partial charge in [0, 0.05) is 50.0 Å². The Bertz CT molecular complexity index is 717. The van der Waals surface area contributed by atoms with Crippen molar-refractivity contribution in [1.29, 1.82) is 0 Å². The average molecular weight is 372 g/mol. The third-order valence-electron chi connectivity index (χ3n) is 4.78. The maximum atomic E-state index is 12.6. The van der Waals surface area contributed by atoms with Gasteiger partial charge in [-0.15, -0.1) is 0 Å². The van der Waals surface area contributed by atoms with Crippen molar-refractivity contribution in [1.82, 2.24) is 9.80 Å². The molecule has 0 radical (unpaired) electrons. The Labute approximate surface area is 147 Å². The lowest BCUT2D eigenvalue weighted by Gasteiger charge is -2.38. The monoisotopic (exact) mass is 371 g/mol. The zero-order valence-corrected chi connectivity index (χ0v) is 15.3. The van der Waals surface area contributed by atoms with Crippen molar-refractivity contribution in [2.45, 2.75) is 12.5 Å². The van der Waals surface area contributed by atoms with Gasteiger partial charge in [0.25, 0.3) is 0 Å². The number of carbonyl (C=O) groups is 1. The molecule has 1 aromatic carbocycles. The van der Waals surface area contributed by atoms with Crippen molar-refractivity contribution in [2.24, 2.45) is 0 Å². The van der Waals surface area contributed by atoms with Crippen molar-refractivity contribution < 1.29 is 13.2 Å². The highest BCUT2D eigenvalue weighted by molar-refractivity contribution is 7.91. The van der Waals surface area contributed by atoms with Crippen LogP contribution < -0.4 is 4.90 Å². The van der Waals surface area contributed by atoms with E-state index in [0.29, 0.717) is 24.5 Å². The van der Waals surface area contributed by atoms with Crippen LogP contribution in [0.1, 0.15) is 6.42 Å². The van der Waals surface area contributed by atoms with Crippen molar-refractivity contribution >= 4 is 33.2 Å². The number of sulfone groups is 1. The van der Waals surface area contributed by atoms with Gasteiger partial charge >= 0.3 is 6.03 Å². The van der Waals surface area contributed by atoms with Crippen molar-refractivity contribution in [2.75, 3.05) is 49.6 Å². The van der Waals surface area contributed by atoms with Gasteiger partial charge in [0.05, 0.1) is 11.5 Å². The number of piperazine rings is 1. The summed E-state index contributed by atoms with van der Waals surface area (Å²) in [5.41, 5.74) is 1.06. The molecular weight excluding hydrogens is 350 g/mol. The van der Waals surface area contributed by atoms with Crippen LogP contribution in [0, 0.1) is 0 Å². The third-order valence-corrected chi connectivity index (χ3v) is 6.77. The third kappa shape index (κ3) is 3.78. The summed E-state index contributed by atoms with van der Waals surface area (Å²) in [4.78, 5) is 18.2. The van der Waals surface area contributed by atoms with E-state index in [1.807, 2.05) is 24.3 Å². The lowest BCUT2D eigenvalue weighted by atomic mass is 10.2. The van der Waals surface area contributed by atoms with Crippen LogP contribution in [0.3, 0.4) is 0 Å². The largest absolute Gasteiger partial charge is 0.368 e.